The fourth-order valence-corrected chi connectivity index (χ4v) is 1.09. The van der Waals surface area contributed by atoms with Crippen LogP contribution >= 0.6 is 0 Å². The van der Waals surface area contributed by atoms with E-state index in [0.29, 0.717) is 13.0 Å². The second-order valence-electron chi connectivity index (χ2n) is 3.24. The standard InChI is InChI=1S/C8H16N2O2/c1-9(2)6-4-8(11)10-5-3-7-12-10/h3-7H2,1-2H3. The van der Waals surface area contributed by atoms with E-state index >= 15 is 0 Å². The van der Waals surface area contributed by atoms with Gasteiger partial charge in [0.25, 0.3) is 0 Å². The second kappa shape index (κ2) is 4.42. The first-order valence-corrected chi connectivity index (χ1v) is 4.28. The maximum Gasteiger partial charge on any atom is 0.247 e. The van der Waals surface area contributed by atoms with Gasteiger partial charge < -0.3 is 4.90 Å². The molecule has 0 atom stereocenters. The van der Waals surface area contributed by atoms with E-state index < -0.39 is 0 Å². The lowest BCUT2D eigenvalue weighted by molar-refractivity contribution is -0.168. The Kier molecular flexibility index (Phi) is 3.49. The zero-order valence-electron chi connectivity index (χ0n) is 7.75. The monoisotopic (exact) mass is 172 g/mol. The maximum absolute atomic E-state index is 11.3. The molecule has 0 N–H and O–H groups in total. The van der Waals surface area contributed by atoms with Crippen molar-refractivity contribution in [2.75, 3.05) is 33.8 Å². The Hall–Kier alpha value is -0.610. The molecule has 70 valence electrons. The van der Waals surface area contributed by atoms with Gasteiger partial charge in [-0.3, -0.25) is 9.63 Å². The number of hydroxylamine groups is 2. The van der Waals surface area contributed by atoms with Crippen molar-refractivity contribution in [1.29, 1.82) is 0 Å². The van der Waals surface area contributed by atoms with Crippen LogP contribution in [0.1, 0.15) is 12.8 Å². The second-order valence-corrected chi connectivity index (χ2v) is 3.24. The molecule has 0 unspecified atom stereocenters. The molecule has 0 aliphatic carbocycles. The van der Waals surface area contributed by atoms with Crippen molar-refractivity contribution in [2.24, 2.45) is 0 Å². The van der Waals surface area contributed by atoms with Gasteiger partial charge in [-0.1, -0.05) is 0 Å². The van der Waals surface area contributed by atoms with Crippen molar-refractivity contribution in [3.05, 3.63) is 0 Å². The minimum Gasteiger partial charge on any atom is -0.309 e. The van der Waals surface area contributed by atoms with E-state index in [1.54, 1.807) is 0 Å². The number of hydrogen-bond donors (Lipinski definition) is 0. The molecule has 1 aliphatic rings. The molecule has 1 saturated heterocycles. The van der Waals surface area contributed by atoms with E-state index in [9.17, 15) is 4.79 Å². The summed E-state index contributed by atoms with van der Waals surface area (Å²) in [6.45, 7) is 2.23. The van der Waals surface area contributed by atoms with E-state index in [0.717, 1.165) is 19.5 Å². The molecule has 0 spiro atoms. The van der Waals surface area contributed by atoms with Crippen LogP contribution in [-0.4, -0.2) is 49.7 Å². The number of hydrogen-bond acceptors (Lipinski definition) is 3. The van der Waals surface area contributed by atoms with Crippen LogP contribution in [0, 0.1) is 0 Å². The first-order chi connectivity index (χ1) is 5.70. The highest BCUT2D eigenvalue weighted by molar-refractivity contribution is 5.75. The van der Waals surface area contributed by atoms with Gasteiger partial charge in [0.05, 0.1) is 13.2 Å². The van der Waals surface area contributed by atoms with Gasteiger partial charge in [-0.25, -0.2) is 5.06 Å². The third-order valence-corrected chi connectivity index (χ3v) is 1.80. The molecule has 1 aliphatic heterocycles. The molecular formula is C8H16N2O2. The summed E-state index contributed by atoms with van der Waals surface area (Å²) in [5.41, 5.74) is 0. The summed E-state index contributed by atoms with van der Waals surface area (Å²) in [4.78, 5) is 18.4. The maximum atomic E-state index is 11.3. The fourth-order valence-electron chi connectivity index (χ4n) is 1.09. The Morgan fingerprint density at radius 3 is 2.83 bits per heavy atom. The summed E-state index contributed by atoms with van der Waals surface area (Å²) in [5, 5.41) is 1.48. The summed E-state index contributed by atoms with van der Waals surface area (Å²) in [6, 6.07) is 0. The zero-order valence-corrected chi connectivity index (χ0v) is 7.75. The average molecular weight is 172 g/mol. The van der Waals surface area contributed by atoms with Crippen LogP contribution < -0.4 is 0 Å². The van der Waals surface area contributed by atoms with Crippen molar-refractivity contribution >= 4 is 5.91 Å². The predicted octanol–water partition coefficient (Wildman–Crippen LogP) is 0.102. The largest absolute Gasteiger partial charge is 0.309 e. The van der Waals surface area contributed by atoms with Crippen LogP contribution in [0.4, 0.5) is 0 Å². The molecule has 12 heavy (non-hydrogen) atoms. The van der Waals surface area contributed by atoms with E-state index in [1.165, 1.54) is 5.06 Å². The summed E-state index contributed by atoms with van der Waals surface area (Å²) in [5.74, 6) is 0.0983. The molecule has 1 amide bonds. The van der Waals surface area contributed by atoms with Crippen LogP contribution in [0.5, 0.6) is 0 Å². The Balaban J connectivity index is 2.18. The van der Waals surface area contributed by atoms with Crippen molar-refractivity contribution in [3.63, 3.8) is 0 Å². The topological polar surface area (TPSA) is 32.8 Å². The molecule has 0 radical (unpaired) electrons. The lowest BCUT2D eigenvalue weighted by Crippen LogP contribution is -2.29. The summed E-state index contributed by atoms with van der Waals surface area (Å²) < 4.78 is 0. The van der Waals surface area contributed by atoms with Crippen LogP contribution in [-0.2, 0) is 9.63 Å². The van der Waals surface area contributed by atoms with Crippen LogP contribution in [0.25, 0.3) is 0 Å². The molecule has 0 aromatic carbocycles. The van der Waals surface area contributed by atoms with Crippen LogP contribution in [0.3, 0.4) is 0 Å². The number of carbonyl (C=O) groups excluding carboxylic acids is 1. The molecule has 0 aromatic rings. The average Bonchev–Trinajstić information content (AvgIpc) is 2.51. The van der Waals surface area contributed by atoms with Crippen LogP contribution in [0.2, 0.25) is 0 Å². The van der Waals surface area contributed by atoms with Gasteiger partial charge in [0.1, 0.15) is 0 Å². The smallest absolute Gasteiger partial charge is 0.247 e. The quantitative estimate of drug-likeness (QED) is 0.605. The zero-order chi connectivity index (χ0) is 8.97. The Morgan fingerprint density at radius 2 is 2.33 bits per heavy atom. The molecule has 4 nitrogen and oxygen atoms in total. The van der Waals surface area contributed by atoms with Crippen molar-refractivity contribution < 1.29 is 9.63 Å². The molecule has 1 heterocycles. The Labute approximate surface area is 73.0 Å². The third kappa shape index (κ3) is 2.79. The van der Waals surface area contributed by atoms with Gasteiger partial charge >= 0.3 is 0 Å². The first-order valence-electron chi connectivity index (χ1n) is 4.28. The van der Waals surface area contributed by atoms with Gasteiger partial charge in [0, 0.05) is 13.0 Å². The lowest BCUT2D eigenvalue weighted by Gasteiger charge is -2.15. The minimum atomic E-state index is 0.0983. The highest BCUT2D eigenvalue weighted by atomic mass is 16.7. The summed E-state index contributed by atoms with van der Waals surface area (Å²) in [6.07, 6.45) is 1.51. The highest BCUT2D eigenvalue weighted by Gasteiger charge is 2.18. The van der Waals surface area contributed by atoms with Gasteiger partial charge in [-0.2, -0.15) is 0 Å². The summed E-state index contributed by atoms with van der Waals surface area (Å²) >= 11 is 0. The van der Waals surface area contributed by atoms with Gasteiger partial charge in [-0.05, 0) is 20.5 Å². The fraction of sp³-hybridized carbons (Fsp3) is 0.875. The van der Waals surface area contributed by atoms with Crippen molar-refractivity contribution in [3.8, 4) is 0 Å². The lowest BCUT2D eigenvalue weighted by atomic mass is 10.3. The number of rotatable bonds is 3. The normalized spacial score (nSPS) is 17.4. The summed E-state index contributed by atoms with van der Waals surface area (Å²) in [7, 11) is 3.91. The molecule has 0 aromatic heterocycles. The highest BCUT2D eigenvalue weighted by Crippen LogP contribution is 2.05. The third-order valence-electron chi connectivity index (χ3n) is 1.80. The Bertz CT molecular complexity index is 153. The first kappa shape index (κ1) is 9.48. The molecular weight excluding hydrogens is 156 g/mol. The van der Waals surface area contributed by atoms with Gasteiger partial charge in [-0.15, -0.1) is 0 Å². The number of amides is 1. The van der Waals surface area contributed by atoms with Gasteiger partial charge in [0.15, 0.2) is 0 Å². The SMILES string of the molecule is CN(C)CCC(=O)N1CCCO1. The van der Waals surface area contributed by atoms with E-state index in [1.807, 2.05) is 19.0 Å². The van der Waals surface area contributed by atoms with E-state index in [2.05, 4.69) is 0 Å². The molecule has 1 fully saturated rings. The Morgan fingerprint density at radius 1 is 1.58 bits per heavy atom. The number of carbonyl (C=O) groups is 1. The molecule has 1 rings (SSSR count). The predicted molar refractivity (Wildman–Crippen MR) is 45.5 cm³/mol. The van der Waals surface area contributed by atoms with Crippen molar-refractivity contribution in [1.82, 2.24) is 9.96 Å². The van der Waals surface area contributed by atoms with E-state index in [-0.39, 0.29) is 5.91 Å². The molecule has 0 bridgehead atoms. The van der Waals surface area contributed by atoms with Crippen LogP contribution in [0.15, 0.2) is 0 Å². The molecule has 0 saturated carbocycles. The van der Waals surface area contributed by atoms with Gasteiger partial charge in [0.2, 0.25) is 5.91 Å². The van der Waals surface area contributed by atoms with E-state index in [4.69, 9.17) is 4.84 Å². The number of nitrogens with zero attached hydrogens (tertiary/aromatic N) is 2. The molecule has 4 heteroatoms. The van der Waals surface area contributed by atoms with Crippen molar-refractivity contribution in [2.45, 2.75) is 12.8 Å². The minimum absolute atomic E-state index is 0.0983.